The molecule has 0 fully saturated rings. The minimum Gasteiger partial charge on any atom is -0.358 e. The fourth-order valence-electron chi connectivity index (χ4n) is 3.49. The second-order valence-electron chi connectivity index (χ2n) is 6.97. The molecule has 29 heavy (non-hydrogen) atoms. The summed E-state index contributed by atoms with van der Waals surface area (Å²) in [5, 5.41) is 7.05. The van der Waals surface area contributed by atoms with E-state index < -0.39 is 0 Å². The first-order valence-electron chi connectivity index (χ1n) is 9.50. The van der Waals surface area contributed by atoms with Gasteiger partial charge in [-0.05, 0) is 72.9 Å². The van der Waals surface area contributed by atoms with E-state index >= 15 is 0 Å². The maximum absolute atomic E-state index is 13.8. The zero-order valence-electron chi connectivity index (χ0n) is 16.1. The van der Waals surface area contributed by atoms with Crippen LogP contribution in [-0.4, -0.2) is 21.5 Å². The maximum atomic E-state index is 13.8. The molecule has 0 saturated carbocycles. The van der Waals surface area contributed by atoms with E-state index in [4.69, 9.17) is 12.2 Å². The number of nitrogens with zero attached hydrogens (tertiary/aromatic N) is 1. The predicted octanol–water partition coefficient (Wildman–Crippen LogP) is 6.12. The van der Waals surface area contributed by atoms with Gasteiger partial charge in [-0.3, -0.25) is 0 Å². The van der Waals surface area contributed by atoms with Crippen molar-refractivity contribution in [2.45, 2.75) is 19.9 Å². The normalized spacial score (nSPS) is 11.0. The fourth-order valence-corrected chi connectivity index (χ4v) is 4.48. The van der Waals surface area contributed by atoms with Gasteiger partial charge in [-0.1, -0.05) is 24.3 Å². The topological polar surface area (TPSA) is 31.1 Å². The van der Waals surface area contributed by atoms with Crippen molar-refractivity contribution in [1.29, 1.82) is 0 Å². The van der Waals surface area contributed by atoms with Crippen molar-refractivity contribution in [3.05, 3.63) is 88.0 Å². The summed E-state index contributed by atoms with van der Waals surface area (Å²) in [5.74, 6) is -0.213. The van der Waals surface area contributed by atoms with E-state index in [0.717, 1.165) is 47.4 Å². The van der Waals surface area contributed by atoms with Gasteiger partial charge in [0.15, 0.2) is 5.11 Å². The van der Waals surface area contributed by atoms with Crippen LogP contribution in [0.5, 0.6) is 0 Å². The monoisotopic (exact) mass is 423 g/mol. The average molecular weight is 424 g/mol. The Morgan fingerprint density at radius 2 is 1.97 bits per heavy atom. The SMILES string of the molecule is Cc1[nH]c2ccc(F)cc2c1CCN(Cc1cccs1)C(=S)Nc1ccccc1. The molecule has 4 aromatic rings. The Labute approximate surface area is 179 Å². The third kappa shape index (κ3) is 4.66. The highest BCUT2D eigenvalue weighted by atomic mass is 32.1. The van der Waals surface area contributed by atoms with Crippen LogP contribution in [0, 0.1) is 12.7 Å². The van der Waals surface area contributed by atoms with E-state index in [-0.39, 0.29) is 5.82 Å². The molecule has 2 heterocycles. The third-order valence-electron chi connectivity index (χ3n) is 4.95. The lowest BCUT2D eigenvalue weighted by atomic mass is 10.1. The number of anilines is 1. The molecule has 2 aromatic carbocycles. The number of hydrogen-bond donors (Lipinski definition) is 2. The number of H-pyrrole nitrogens is 1. The van der Waals surface area contributed by atoms with E-state index in [0.29, 0.717) is 5.11 Å². The first kappa shape index (κ1) is 19.6. The van der Waals surface area contributed by atoms with Gasteiger partial charge in [0.1, 0.15) is 5.82 Å². The van der Waals surface area contributed by atoms with Gasteiger partial charge in [0.05, 0.1) is 6.54 Å². The molecule has 0 amide bonds. The highest BCUT2D eigenvalue weighted by molar-refractivity contribution is 7.80. The molecule has 0 unspecified atom stereocenters. The molecule has 6 heteroatoms. The van der Waals surface area contributed by atoms with Gasteiger partial charge in [-0.2, -0.15) is 0 Å². The Hall–Kier alpha value is -2.70. The van der Waals surface area contributed by atoms with Gasteiger partial charge in [0, 0.05) is 33.7 Å². The molecule has 0 aliphatic carbocycles. The smallest absolute Gasteiger partial charge is 0.173 e. The number of aromatic nitrogens is 1. The highest BCUT2D eigenvalue weighted by Gasteiger charge is 2.15. The van der Waals surface area contributed by atoms with Gasteiger partial charge in [-0.15, -0.1) is 11.3 Å². The van der Waals surface area contributed by atoms with Crippen molar-refractivity contribution >= 4 is 45.3 Å². The summed E-state index contributed by atoms with van der Waals surface area (Å²) in [5.41, 5.74) is 4.15. The van der Waals surface area contributed by atoms with Crippen molar-refractivity contribution in [2.24, 2.45) is 0 Å². The zero-order chi connectivity index (χ0) is 20.2. The van der Waals surface area contributed by atoms with Crippen molar-refractivity contribution in [3.8, 4) is 0 Å². The van der Waals surface area contributed by atoms with Crippen LogP contribution in [0.1, 0.15) is 16.1 Å². The van der Waals surface area contributed by atoms with Crippen LogP contribution in [0.15, 0.2) is 66.0 Å². The number of fused-ring (bicyclic) bond motifs is 1. The summed E-state index contributed by atoms with van der Waals surface area (Å²) in [6.07, 6.45) is 0.775. The molecule has 2 N–H and O–H groups in total. The van der Waals surface area contributed by atoms with Gasteiger partial charge < -0.3 is 15.2 Å². The van der Waals surface area contributed by atoms with Gasteiger partial charge in [-0.25, -0.2) is 4.39 Å². The number of halogens is 1. The second kappa shape index (κ2) is 8.76. The molecular formula is C23H22FN3S2. The minimum atomic E-state index is -0.213. The quantitative estimate of drug-likeness (QED) is 0.366. The van der Waals surface area contributed by atoms with Crippen LogP contribution in [-0.2, 0) is 13.0 Å². The number of hydrogen-bond acceptors (Lipinski definition) is 2. The maximum Gasteiger partial charge on any atom is 0.173 e. The molecule has 4 rings (SSSR count). The van der Waals surface area contributed by atoms with Crippen LogP contribution in [0.4, 0.5) is 10.1 Å². The number of rotatable bonds is 6. The van der Waals surface area contributed by atoms with Gasteiger partial charge in [0.2, 0.25) is 0 Å². The summed E-state index contributed by atoms with van der Waals surface area (Å²) in [6.45, 7) is 3.52. The second-order valence-corrected chi connectivity index (χ2v) is 8.38. The third-order valence-corrected chi connectivity index (χ3v) is 6.17. The molecule has 0 radical (unpaired) electrons. The largest absolute Gasteiger partial charge is 0.358 e. The van der Waals surface area contributed by atoms with Crippen LogP contribution >= 0.6 is 23.6 Å². The molecular weight excluding hydrogens is 401 g/mol. The number of aryl methyl sites for hydroxylation is 1. The van der Waals surface area contributed by atoms with Gasteiger partial charge >= 0.3 is 0 Å². The number of aromatic amines is 1. The molecule has 0 saturated heterocycles. The number of thiophene rings is 1. The number of nitrogens with one attached hydrogen (secondary N) is 2. The first-order valence-corrected chi connectivity index (χ1v) is 10.8. The van der Waals surface area contributed by atoms with Crippen LogP contribution < -0.4 is 5.32 Å². The lowest BCUT2D eigenvalue weighted by Gasteiger charge is -2.25. The Morgan fingerprint density at radius 3 is 2.72 bits per heavy atom. The average Bonchev–Trinajstić information content (AvgIpc) is 3.33. The summed E-state index contributed by atoms with van der Waals surface area (Å²) < 4.78 is 13.8. The zero-order valence-corrected chi connectivity index (χ0v) is 17.7. The molecule has 0 bridgehead atoms. The van der Waals surface area contributed by atoms with Crippen molar-refractivity contribution < 1.29 is 4.39 Å². The predicted molar refractivity (Wildman–Crippen MR) is 124 cm³/mol. The molecule has 148 valence electrons. The lowest BCUT2D eigenvalue weighted by molar-refractivity contribution is 0.427. The molecule has 0 aliphatic heterocycles. The molecule has 0 atom stereocenters. The Kier molecular flexibility index (Phi) is 5.92. The van der Waals surface area contributed by atoms with E-state index in [1.165, 1.54) is 10.9 Å². The van der Waals surface area contributed by atoms with Crippen LogP contribution in [0.25, 0.3) is 10.9 Å². The summed E-state index contributed by atoms with van der Waals surface area (Å²) in [6, 6.07) is 19.0. The fraction of sp³-hybridized carbons (Fsp3) is 0.174. The molecule has 2 aromatic heterocycles. The Bertz CT molecular complexity index is 1100. The summed E-state index contributed by atoms with van der Waals surface area (Å²) in [7, 11) is 0. The Morgan fingerprint density at radius 1 is 1.14 bits per heavy atom. The molecule has 0 spiro atoms. The Balaban J connectivity index is 1.54. The van der Waals surface area contributed by atoms with E-state index in [2.05, 4.69) is 32.7 Å². The van der Waals surface area contributed by atoms with Crippen molar-refractivity contribution in [2.75, 3.05) is 11.9 Å². The molecule has 0 aliphatic rings. The van der Waals surface area contributed by atoms with E-state index in [1.807, 2.05) is 37.3 Å². The standard InChI is InChI=1S/C23H22FN3S2/c1-16-20(21-14-17(24)9-10-22(21)25-16)11-12-27(15-19-8-5-13-29-19)23(28)26-18-6-3-2-4-7-18/h2-10,13-14,25H,11-12,15H2,1H3,(H,26,28). The number of thiocarbonyl (C=S) groups is 1. The van der Waals surface area contributed by atoms with E-state index in [1.54, 1.807) is 23.5 Å². The lowest BCUT2D eigenvalue weighted by Crippen LogP contribution is -2.35. The van der Waals surface area contributed by atoms with Gasteiger partial charge in [0.25, 0.3) is 0 Å². The van der Waals surface area contributed by atoms with Crippen LogP contribution in [0.3, 0.4) is 0 Å². The summed E-state index contributed by atoms with van der Waals surface area (Å²) >= 11 is 7.45. The number of benzene rings is 2. The number of para-hydroxylation sites is 1. The van der Waals surface area contributed by atoms with E-state index in [9.17, 15) is 4.39 Å². The molecule has 3 nitrogen and oxygen atoms in total. The summed E-state index contributed by atoms with van der Waals surface area (Å²) in [4.78, 5) is 6.79. The van der Waals surface area contributed by atoms with Crippen molar-refractivity contribution in [3.63, 3.8) is 0 Å². The minimum absolute atomic E-state index is 0.213. The van der Waals surface area contributed by atoms with Crippen LogP contribution in [0.2, 0.25) is 0 Å². The first-order chi connectivity index (χ1) is 14.1. The highest BCUT2D eigenvalue weighted by Crippen LogP contribution is 2.24. The van der Waals surface area contributed by atoms with Crippen molar-refractivity contribution in [1.82, 2.24) is 9.88 Å².